The molecular formula is C16H25NO2. The van der Waals surface area contributed by atoms with Crippen LogP contribution in [0.25, 0.3) is 0 Å². The van der Waals surface area contributed by atoms with Gasteiger partial charge in [-0.25, -0.2) is 0 Å². The highest BCUT2D eigenvalue weighted by molar-refractivity contribution is 5.33. The first-order valence-corrected chi connectivity index (χ1v) is 7.22. The number of rotatable bonds is 6. The van der Waals surface area contributed by atoms with Crippen molar-refractivity contribution in [2.45, 2.75) is 45.8 Å². The van der Waals surface area contributed by atoms with E-state index in [1.807, 2.05) is 6.07 Å². The Bertz CT molecular complexity index is 400. The summed E-state index contributed by atoms with van der Waals surface area (Å²) in [6, 6.07) is 6.64. The van der Waals surface area contributed by atoms with Crippen molar-refractivity contribution in [3.8, 4) is 5.75 Å². The van der Waals surface area contributed by atoms with Gasteiger partial charge in [-0.1, -0.05) is 6.07 Å². The van der Waals surface area contributed by atoms with Gasteiger partial charge in [-0.05, 0) is 56.9 Å². The van der Waals surface area contributed by atoms with Crippen molar-refractivity contribution in [1.82, 2.24) is 5.32 Å². The van der Waals surface area contributed by atoms with E-state index in [4.69, 9.17) is 9.47 Å². The van der Waals surface area contributed by atoms with Gasteiger partial charge in [-0.3, -0.25) is 0 Å². The molecule has 1 saturated heterocycles. The molecule has 2 rings (SSSR count). The minimum Gasteiger partial charge on any atom is -0.492 e. The highest BCUT2D eigenvalue weighted by atomic mass is 16.5. The summed E-state index contributed by atoms with van der Waals surface area (Å²) in [7, 11) is 0. The third-order valence-electron chi connectivity index (χ3n) is 3.84. The number of ether oxygens (including phenoxy) is 2. The van der Waals surface area contributed by atoms with Gasteiger partial charge in [0.15, 0.2) is 0 Å². The summed E-state index contributed by atoms with van der Waals surface area (Å²) in [5, 5.41) is 3.47. The lowest BCUT2D eigenvalue weighted by Crippen LogP contribution is -2.39. The highest BCUT2D eigenvalue weighted by Crippen LogP contribution is 2.17. The SMILES string of the molecule is Cc1ccc(OCCNC(C)C2CCCO2)cc1C. The summed E-state index contributed by atoms with van der Waals surface area (Å²) in [4.78, 5) is 0. The van der Waals surface area contributed by atoms with Crippen molar-refractivity contribution in [2.75, 3.05) is 19.8 Å². The maximum atomic E-state index is 5.75. The van der Waals surface area contributed by atoms with Crippen molar-refractivity contribution in [3.05, 3.63) is 29.3 Å². The van der Waals surface area contributed by atoms with E-state index in [-0.39, 0.29) is 0 Å². The van der Waals surface area contributed by atoms with Crippen molar-refractivity contribution in [3.63, 3.8) is 0 Å². The predicted octanol–water partition coefficient (Wildman–Crippen LogP) is 2.84. The Kier molecular flexibility index (Phi) is 5.23. The predicted molar refractivity (Wildman–Crippen MR) is 77.8 cm³/mol. The lowest BCUT2D eigenvalue weighted by Gasteiger charge is -2.20. The average Bonchev–Trinajstić information content (AvgIpc) is 2.92. The van der Waals surface area contributed by atoms with Crippen molar-refractivity contribution >= 4 is 0 Å². The average molecular weight is 263 g/mol. The van der Waals surface area contributed by atoms with E-state index in [2.05, 4.69) is 38.2 Å². The third-order valence-corrected chi connectivity index (χ3v) is 3.84. The molecule has 1 fully saturated rings. The van der Waals surface area contributed by atoms with E-state index in [1.54, 1.807) is 0 Å². The van der Waals surface area contributed by atoms with E-state index < -0.39 is 0 Å². The van der Waals surface area contributed by atoms with Gasteiger partial charge in [0.25, 0.3) is 0 Å². The second-order valence-electron chi connectivity index (χ2n) is 5.39. The molecule has 1 aromatic rings. The van der Waals surface area contributed by atoms with Crippen molar-refractivity contribution in [2.24, 2.45) is 0 Å². The molecule has 1 heterocycles. The van der Waals surface area contributed by atoms with Crippen LogP contribution in [-0.4, -0.2) is 31.9 Å². The molecule has 3 nitrogen and oxygen atoms in total. The maximum absolute atomic E-state index is 5.75. The Morgan fingerprint density at radius 2 is 2.21 bits per heavy atom. The Balaban J connectivity index is 1.67. The molecule has 1 aliphatic rings. The normalized spacial score (nSPS) is 20.5. The van der Waals surface area contributed by atoms with E-state index in [0.29, 0.717) is 18.8 Å². The molecule has 3 heteroatoms. The molecule has 1 N–H and O–H groups in total. The zero-order valence-corrected chi connectivity index (χ0v) is 12.2. The minimum absolute atomic E-state index is 0.376. The highest BCUT2D eigenvalue weighted by Gasteiger charge is 2.21. The molecule has 0 radical (unpaired) electrons. The van der Waals surface area contributed by atoms with Crippen LogP contribution >= 0.6 is 0 Å². The summed E-state index contributed by atoms with van der Waals surface area (Å²) in [6.45, 7) is 8.87. The monoisotopic (exact) mass is 263 g/mol. The van der Waals surface area contributed by atoms with E-state index in [9.17, 15) is 0 Å². The van der Waals surface area contributed by atoms with Crippen molar-refractivity contribution in [1.29, 1.82) is 0 Å². The van der Waals surface area contributed by atoms with E-state index >= 15 is 0 Å². The van der Waals surface area contributed by atoms with Crippen LogP contribution in [0.2, 0.25) is 0 Å². The second-order valence-corrected chi connectivity index (χ2v) is 5.39. The first kappa shape index (κ1) is 14.4. The maximum Gasteiger partial charge on any atom is 0.119 e. The smallest absolute Gasteiger partial charge is 0.119 e. The van der Waals surface area contributed by atoms with Gasteiger partial charge in [0.2, 0.25) is 0 Å². The molecule has 0 spiro atoms. The second kappa shape index (κ2) is 6.92. The molecule has 106 valence electrons. The van der Waals surface area contributed by atoms with Gasteiger partial charge in [-0.15, -0.1) is 0 Å². The quantitative estimate of drug-likeness (QED) is 0.801. The van der Waals surface area contributed by atoms with Gasteiger partial charge >= 0.3 is 0 Å². The summed E-state index contributed by atoms with van der Waals surface area (Å²) >= 11 is 0. The van der Waals surface area contributed by atoms with Crippen LogP contribution in [0.3, 0.4) is 0 Å². The Hall–Kier alpha value is -1.06. The summed E-state index contributed by atoms with van der Waals surface area (Å²) in [6.07, 6.45) is 2.74. The summed E-state index contributed by atoms with van der Waals surface area (Å²) < 4.78 is 11.4. The number of hydrogen-bond donors (Lipinski definition) is 1. The number of hydrogen-bond acceptors (Lipinski definition) is 3. The standard InChI is InChI=1S/C16H25NO2/c1-12-6-7-15(11-13(12)2)18-10-8-17-14(3)16-5-4-9-19-16/h6-7,11,14,16-17H,4-5,8-10H2,1-3H3. The fourth-order valence-corrected chi connectivity index (χ4v) is 2.39. The minimum atomic E-state index is 0.376. The van der Waals surface area contributed by atoms with Gasteiger partial charge in [0.05, 0.1) is 6.10 Å². The molecule has 2 atom stereocenters. The lowest BCUT2D eigenvalue weighted by atomic mass is 10.1. The summed E-state index contributed by atoms with van der Waals surface area (Å²) in [5.41, 5.74) is 2.58. The Morgan fingerprint density at radius 1 is 1.37 bits per heavy atom. The van der Waals surface area contributed by atoms with Crippen LogP contribution < -0.4 is 10.1 Å². The zero-order valence-electron chi connectivity index (χ0n) is 12.2. The molecule has 0 amide bonds. The fraction of sp³-hybridized carbons (Fsp3) is 0.625. The van der Waals surface area contributed by atoms with Gasteiger partial charge in [-0.2, -0.15) is 0 Å². The molecule has 0 bridgehead atoms. The molecule has 0 aromatic heterocycles. The van der Waals surface area contributed by atoms with Crippen LogP contribution in [0.5, 0.6) is 5.75 Å². The molecule has 19 heavy (non-hydrogen) atoms. The number of benzene rings is 1. The fourth-order valence-electron chi connectivity index (χ4n) is 2.39. The number of aryl methyl sites for hydroxylation is 2. The third kappa shape index (κ3) is 4.22. The van der Waals surface area contributed by atoms with Crippen LogP contribution in [0.1, 0.15) is 30.9 Å². The summed E-state index contributed by atoms with van der Waals surface area (Å²) in [5.74, 6) is 0.953. The topological polar surface area (TPSA) is 30.5 Å². The zero-order chi connectivity index (χ0) is 13.7. The van der Waals surface area contributed by atoms with Crippen molar-refractivity contribution < 1.29 is 9.47 Å². The van der Waals surface area contributed by atoms with Gasteiger partial charge in [0.1, 0.15) is 12.4 Å². The van der Waals surface area contributed by atoms with Crippen LogP contribution in [0, 0.1) is 13.8 Å². The molecule has 0 saturated carbocycles. The largest absolute Gasteiger partial charge is 0.492 e. The Morgan fingerprint density at radius 3 is 2.89 bits per heavy atom. The molecular weight excluding hydrogens is 238 g/mol. The van der Waals surface area contributed by atoms with Crippen LogP contribution in [0.4, 0.5) is 0 Å². The molecule has 1 aliphatic heterocycles. The van der Waals surface area contributed by atoms with Crippen LogP contribution in [-0.2, 0) is 4.74 Å². The van der Waals surface area contributed by atoms with Crippen LogP contribution in [0.15, 0.2) is 18.2 Å². The first-order valence-electron chi connectivity index (χ1n) is 7.22. The van der Waals surface area contributed by atoms with Gasteiger partial charge in [0, 0.05) is 19.2 Å². The van der Waals surface area contributed by atoms with E-state index in [1.165, 1.54) is 24.0 Å². The van der Waals surface area contributed by atoms with E-state index in [0.717, 1.165) is 18.9 Å². The number of nitrogens with one attached hydrogen (secondary N) is 1. The Labute approximate surface area is 116 Å². The molecule has 1 aromatic carbocycles. The van der Waals surface area contributed by atoms with Gasteiger partial charge < -0.3 is 14.8 Å². The molecule has 0 aliphatic carbocycles. The first-order chi connectivity index (χ1) is 9.16. The molecule has 2 unspecified atom stereocenters. The lowest BCUT2D eigenvalue weighted by molar-refractivity contribution is 0.0824.